The molecule has 1 aromatic carbocycles. The van der Waals surface area contributed by atoms with Gasteiger partial charge in [-0.15, -0.1) is 0 Å². The first-order valence-corrected chi connectivity index (χ1v) is 11.9. The van der Waals surface area contributed by atoms with Crippen molar-refractivity contribution in [1.82, 2.24) is 14.7 Å². The van der Waals surface area contributed by atoms with Crippen LogP contribution in [0.4, 0.5) is 18.2 Å². The smallest absolute Gasteiger partial charge is 0.333 e. The monoisotopic (exact) mass is 499 g/mol. The number of aryl methyl sites for hydroxylation is 1. The maximum absolute atomic E-state index is 13.9. The summed E-state index contributed by atoms with van der Waals surface area (Å²) in [4.78, 5) is 19.0. The van der Waals surface area contributed by atoms with Crippen molar-refractivity contribution in [3.8, 4) is 11.1 Å². The molecule has 0 fully saturated rings. The van der Waals surface area contributed by atoms with E-state index in [0.717, 1.165) is 10.4 Å². The third-order valence-corrected chi connectivity index (χ3v) is 6.92. The molecule has 0 bridgehead atoms. The second kappa shape index (κ2) is 9.68. The topological polar surface area (TPSA) is 68.5 Å². The van der Waals surface area contributed by atoms with Crippen LogP contribution >= 0.6 is 11.3 Å². The maximum Gasteiger partial charge on any atom is 0.435 e. The number of amides is 1. The molecule has 3 heterocycles. The van der Waals surface area contributed by atoms with E-state index < -0.39 is 17.8 Å². The quantitative estimate of drug-likeness (QED) is 0.368. The molecular formula is C25H24F3N5OS. The molecule has 0 spiro atoms. The number of halogens is 3. The molecule has 35 heavy (non-hydrogen) atoms. The van der Waals surface area contributed by atoms with Crippen molar-refractivity contribution in [2.45, 2.75) is 45.1 Å². The van der Waals surface area contributed by atoms with Gasteiger partial charge in [-0.1, -0.05) is 30.3 Å². The van der Waals surface area contributed by atoms with Gasteiger partial charge in [0.15, 0.2) is 5.69 Å². The summed E-state index contributed by atoms with van der Waals surface area (Å²) in [6.07, 6.45) is -0.173. The number of alkyl halides is 3. The highest BCUT2D eigenvalue weighted by Crippen LogP contribution is 2.45. The zero-order valence-corrected chi connectivity index (χ0v) is 20.0. The van der Waals surface area contributed by atoms with Gasteiger partial charge in [0, 0.05) is 47.8 Å². The fourth-order valence-electron chi connectivity index (χ4n) is 4.27. The lowest BCUT2D eigenvalue weighted by Gasteiger charge is -2.34. The van der Waals surface area contributed by atoms with Crippen LogP contribution in [0.3, 0.4) is 0 Å². The van der Waals surface area contributed by atoms with Gasteiger partial charge in [0.05, 0.1) is 13.1 Å². The minimum absolute atomic E-state index is 0.00238. The van der Waals surface area contributed by atoms with E-state index in [2.05, 4.69) is 9.94 Å². The highest BCUT2D eigenvalue weighted by atomic mass is 32.1. The first-order valence-electron chi connectivity index (χ1n) is 11.1. The Morgan fingerprint density at radius 2 is 2.09 bits per heavy atom. The number of fused-ring (bicyclic) bond motifs is 1. The van der Waals surface area contributed by atoms with Gasteiger partial charge in [0.25, 0.3) is 0 Å². The Balaban J connectivity index is 1.85. The summed E-state index contributed by atoms with van der Waals surface area (Å²) >= 11 is 1.30. The molecule has 6 nitrogen and oxygen atoms in total. The van der Waals surface area contributed by atoms with Gasteiger partial charge >= 0.3 is 6.18 Å². The van der Waals surface area contributed by atoms with Gasteiger partial charge in [-0.3, -0.25) is 9.48 Å². The van der Waals surface area contributed by atoms with Crippen molar-refractivity contribution in [2.24, 2.45) is 5.73 Å². The zero-order chi connectivity index (χ0) is 25.3. The van der Waals surface area contributed by atoms with E-state index >= 15 is 0 Å². The number of hydrogen-bond acceptors (Lipinski definition) is 4. The standard InChI is InChI=1S/C25H24F3N5OS/c1-4-33-13-20(24(31-33)25(26,27)28)17-8-6-5-7-16(17)19-12-32(23(34)10-9-15(2)29)14-21-18(19)11-22(30-3)35-21/h5-11,13,15,19H,4,12,14,29H2,1-2H3/b10-9+/t15-,19-/m0/s1. The number of carbonyl (C=O) groups is 1. The van der Waals surface area contributed by atoms with Gasteiger partial charge in [-0.25, -0.2) is 4.85 Å². The van der Waals surface area contributed by atoms with Crippen LogP contribution in [-0.2, 0) is 24.1 Å². The molecule has 1 aliphatic heterocycles. The molecule has 2 N–H and O–H groups in total. The first-order chi connectivity index (χ1) is 16.6. The van der Waals surface area contributed by atoms with Crippen LogP contribution in [0.25, 0.3) is 16.0 Å². The zero-order valence-electron chi connectivity index (χ0n) is 19.2. The van der Waals surface area contributed by atoms with E-state index in [-0.39, 0.29) is 24.1 Å². The van der Waals surface area contributed by atoms with Gasteiger partial charge in [0.1, 0.15) is 0 Å². The van der Waals surface area contributed by atoms with Crippen LogP contribution in [0.5, 0.6) is 0 Å². The number of carbonyl (C=O) groups excluding carboxylic acids is 1. The third kappa shape index (κ3) is 5.01. The molecule has 2 aromatic heterocycles. The van der Waals surface area contributed by atoms with Crippen LogP contribution in [0.2, 0.25) is 0 Å². The number of hydrogen-bond donors (Lipinski definition) is 1. The predicted octanol–water partition coefficient (Wildman–Crippen LogP) is 5.58. The molecule has 1 amide bonds. The average molecular weight is 500 g/mol. The van der Waals surface area contributed by atoms with Crippen molar-refractivity contribution in [2.75, 3.05) is 6.54 Å². The SMILES string of the molecule is [C-]#[N+]c1cc2c(s1)CN(C(=O)/C=C/[C@H](C)N)C[C@H]2c1ccccc1-c1cn(CC)nc1C(F)(F)F. The fraction of sp³-hybridized carbons (Fsp3) is 0.320. The Labute approximate surface area is 205 Å². The summed E-state index contributed by atoms with van der Waals surface area (Å²) < 4.78 is 42.9. The Kier molecular flexibility index (Phi) is 6.83. The van der Waals surface area contributed by atoms with Crippen LogP contribution < -0.4 is 5.73 Å². The molecule has 0 saturated heterocycles. The molecule has 0 saturated carbocycles. The lowest BCUT2D eigenvalue weighted by atomic mass is 9.84. The summed E-state index contributed by atoms with van der Waals surface area (Å²) in [6, 6.07) is 8.40. The Morgan fingerprint density at radius 3 is 2.74 bits per heavy atom. The molecule has 0 aliphatic carbocycles. The van der Waals surface area contributed by atoms with E-state index in [0.29, 0.717) is 29.2 Å². The second-order valence-electron chi connectivity index (χ2n) is 8.40. The summed E-state index contributed by atoms with van der Waals surface area (Å²) in [6.45, 7) is 11.8. The van der Waals surface area contributed by atoms with Crippen molar-refractivity contribution >= 4 is 22.2 Å². The maximum atomic E-state index is 13.9. The fourth-order valence-corrected chi connectivity index (χ4v) is 5.29. The minimum Gasteiger partial charge on any atom is -0.333 e. The first kappa shape index (κ1) is 24.7. The Bertz CT molecular complexity index is 1320. The van der Waals surface area contributed by atoms with Gasteiger partial charge in [-0.2, -0.15) is 29.6 Å². The third-order valence-electron chi connectivity index (χ3n) is 5.89. The van der Waals surface area contributed by atoms with E-state index in [4.69, 9.17) is 12.3 Å². The number of nitrogens with two attached hydrogens (primary N) is 1. The summed E-state index contributed by atoms with van der Waals surface area (Å²) in [5.41, 5.74) is 6.73. The summed E-state index contributed by atoms with van der Waals surface area (Å²) in [5, 5.41) is 4.26. The highest BCUT2D eigenvalue weighted by molar-refractivity contribution is 7.16. The highest BCUT2D eigenvalue weighted by Gasteiger charge is 2.39. The summed E-state index contributed by atoms with van der Waals surface area (Å²) in [7, 11) is 0. The number of thiophene rings is 1. The van der Waals surface area contributed by atoms with Gasteiger partial charge in [0.2, 0.25) is 10.9 Å². The van der Waals surface area contributed by atoms with E-state index in [1.54, 1.807) is 55.2 Å². The van der Waals surface area contributed by atoms with Crippen LogP contribution in [-0.4, -0.2) is 33.2 Å². The average Bonchev–Trinajstić information content (AvgIpc) is 3.46. The van der Waals surface area contributed by atoms with Crippen LogP contribution in [0, 0.1) is 6.57 Å². The molecule has 3 aromatic rings. The van der Waals surface area contributed by atoms with Crippen molar-refractivity contribution in [1.29, 1.82) is 0 Å². The number of aromatic nitrogens is 2. The molecule has 182 valence electrons. The van der Waals surface area contributed by atoms with E-state index in [1.807, 2.05) is 0 Å². The van der Waals surface area contributed by atoms with Crippen molar-refractivity contribution in [3.63, 3.8) is 0 Å². The van der Waals surface area contributed by atoms with E-state index in [9.17, 15) is 18.0 Å². The normalized spacial score (nSPS) is 16.8. The Morgan fingerprint density at radius 1 is 1.34 bits per heavy atom. The Hall–Kier alpha value is -3.42. The lowest BCUT2D eigenvalue weighted by molar-refractivity contribution is -0.141. The van der Waals surface area contributed by atoms with E-state index in [1.165, 1.54) is 28.3 Å². The molecule has 10 heteroatoms. The molecular weight excluding hydrogens is 475 g/mol. The van der Waals surface area contributed by atoms with Crippen molar-refractivity contribution in [3.05, 3.63) is 81.8 Å². The second-order valence-corrected chi connectivity index (χ2v) is 9.51. The molecule has 0 unspecified atom stereocenters. The lowest BCUT2D eigenvalue weighted by Crippen LogP contribution is -2.37. The van der Waals surface area contributed by atoms with Crippen LogP contribution in [0.15, 0.2) is 48.7 Å². The van der Waals surface area contributed by atoms with Crippen molar-refractivity contribution < 1.29 is 18.0 Å². The molecule has 4 rings (SSSR count). The number of rotatable bonds is 5. The minimum atomic E-state index is -4.62. The molecule has 0 radical (unpaired) electrons. The molecule has 1 aliphatic rings. The predicted molar refractivity (Wildman–Crippen MR) is 129 cm³/mol. The van der Waals surface area contributed by atoms with Gasteiger partial charge in [-0.05, 0) is 36.6 Å². The number of benzene rings is 1. The van der Waals surface area contributed by atoms with Crippen LogP contribution in [0.1, 0.15) is 41.5 Å². The largest absolute Gasteiger partial charge is 0.435 e. The molecule has 2 atom stereocenters. The number of nitrogens with zero attached hydrogens (tertiary/aromatic N) is 4. The summed E-state index contributed by atoms with van der Waals surface area (Å²) in [5.74, 6) is -0.636. The van der Waals surface area contributed by atoms with Gasteiger partial charge < -0.3 is 10.6 Å².